The summed E-state index contributed by atoms with van der Waals surface area (Å²) < 4.78 is 11.1. The average molecular weight is 260 g/mol. The number of nitrogens with zero attached hydrogens (tertiary/aromatic N) is 1. The van der Waals surface area contributed by atoms with Crippen molar-refractivity contribution in [1.82, 2.24) is 4.90 Å². The zero-order valence-electron chi connectivity index (χ0n) is 11.2. The highest BCUT2D eigenvalue weighted by Gasteiger charge is 2.37. The molecule has 2 aromatic rings. The molecule has 4 nitrogen and oxygen atoms in total. The summed E-state index contributed by atoms with van der Waals surface area (Å²) in [7, 11) is 0. The van der Waals surface area contributed by atoms with Crippen LogP contribution in [0.3, 0.4) is 0 Å². The Balaban J connectivity index is 1.84. The summed E-state index contributed by atoms with van der Waals surface area (Å²) >= 11 is 0. The van der Waals surface area contributed by atoms with E-state index in [1.807, 2.05) is 31.2 Å². The van der Waals surface area contributed by atoms with E-state index < -0.39 is 0 Å². The van der Waals surface area contributed by atoms with E-state index in [2.05, 4.69) is 4.90 Å². The molecule has 1 aliphatic carbocycles. The second-order valence-electron chi connectivity index (χ2n) is 5.30. The van der Waals surface area contributed by atoms with Crippen molar-refractivity contribution in [2.24, 2.45) is 5.73 Å². The standard InChI is InChI=1S/C15H20N2O2/c1-11(16)15(14-5-3-9-19-14)17(12-6-7-12)10-13-4-2-8-18-13/h2-5,8-9,11-12,15H,6-7,10,16H2,1H3. The first-order valence-electron chi connectivity index (χ1n) is 6.83. The maximum Gasteiger partial charge on any atom is 0.122 e. The first kappa shape index (κ1) is 12.5. The van der Waals surface area contributed by atoms with E-state index in [-0.39, 0.29) is 12.1 Å². The van der Waals surface area contributed by atoms with Gasteiger partial charge in [-0.2, -0.15) is 0 Å². The Labute approximate surface area is 113 Å². The van der Waals surface area contributed by atoms with Crippen molar-refractivity contribution in [3.63, 3.8) is 0 Å². The molecule has 2 N–H and O–H groups in total. The lowest BCUT2D eigenvalue weighted by molar-refractivity contribution is 0.127. The van der Waals surface area contributed by atoms with E-state index in [9.17, 15) is 0 Å². The third kappa shape index (κ3) is 2.74. The highest BCUT2D eigenvalue weighted by molar-refractivity contribution is 5.11. The topological polar surface area (TPSA) is 55.5 Å². The van der Waals surface area contributed by atoms with Gasteiger partial charge in [0.05, 0.1) is 25.1 Å². The van der Waals surface area contributed by atoms with Crippen LogP contribution in [-0.4, -0.2) is 17.0 Å². The molecule has 0 saturated heterocycles. The van der Waals surface area contributed by atoms with Gasteiger partial charge in [-0.25, -0.2) is 0 Å². The lowest BCUT2D eigenvalue weighted by Crippen LogP contribution is -2.40. The third-order valence-corrected chi connectivity index (χ3v) is 3.62. The Morgan fingerprint density at radius 2 is 2.00 bits per heavy atom. The van der Waals surface area contributed by atoms with Crippen LogP contribution < -0.4 is 5.73 Å². The van der Waals surface area contributed by atoms with Gasteiger partial charge in [0.2, 0.25) is 0 Å². The van der Waals surface area contributed by atoms with Gasteiger partial charge in [0.25, 0.3) is 0 Å². The van der Waals surface area contributed by atoms with E-state index in [0.717, 1.165) is 18.1 Å². The predicted molar refractivity (Wildman–Crippen MR) is 72.4 cm³/mol. The summed E-state index contributed by atoms with van der Waals surface area (Å²) in [5, 5.41) is 0. The fourth-order valence-corrected chi connectivity index (χ4v) is 2.63. The molecule has 4 heteroatoms. The molecule has 3 rings (SSSR count). The Morgan fingerprint density at radius 3 is 2.53 bits per heavy atom. The van der Waals surface area contributed by atoms with Crippen molar-refractivity contribution >= 4 is 0 Å². The number of hydrogen-bond donors (Lipinski definition) is 1. The molecule has 0 bridgehead atoms. The van der Waals surface area contributed by atoms with E-state index in [4.69, 9.17) is 14.6 Å². The molecule has 2 unspecified atom stereocenters. The minimum Gasteiger partial charge on any atom is -0.468 e. The van der Waals surface area contributed by atoms with Gasteiger partial charge in [0.15, 0.2) is 0 Å². The zero-order chi connectivity index (χ0) is 13.2. The van der Waals surface area contributed by atoms with E-state index in [1.165, 1.54) is 12.8 Å². The summed E-state index contributed by atoms with van der Waals surface area (Å²) in [5.74, 6) is 1.91. The largest absolute Gasteiger partial charge is 0.468 e. The molecule has 0 spiro atoms. The van der Waals surface area contributed by atoms with Crippen molar-refractivity contribution in [3.05, 3.63) is 48.3 Å². The quantitative estimate of drug-likeness (QED) is 0.867. The smallest absolute Gasteiger partial charge is 0.122 e. The van der Waals surface area contributed by atoms with Crippen molar-refractivity contribution in [3.8, 4) is 0 Å². The van der Waals surface area contributed by atoms with E-state index in [0.29, 0.717) is 6.04 Å². The van der Waals surface area contributed by atoms with Gasteiger partial charge in [-0.3, -0.25) is 4.90 Å². The molecule has 0 amide bonds. The minimum absolute atomic E-state index is 0.0155. The highest BCUT2D eigenvalue weighted by Crippen LogP contribution is 2.37. The van der Waals surface area contributed by atoms with Crippen LogP contribution in [-0.2, 0) is 6.54 Å². The monoisotopic (exact) mass is 260 g/mol. The normalized spacial score (nSPS) is 18.7. The molecule has 2 atom stereocenters. The van der Waals surface area contributed by atoms with Crippen LogP contribution in [0.4, 0.5) is 0 Å². The number of rotatable bonds is 6. The predicted octanol–water partition coefficient (Wildman–Crippen LogP) is 2.93. The van der Waals surface area contributed by atoms with Gasteiger partial charge in [-0.05, 0) is 44.0 Å². The van der Waals surface area contributed by atoms with Crippen molar-refractivity contribution in [2.75, 3.05) is 0 Å². The first-order valence-corrected chi connectivity index (χ1v) is 6.83. The van der Waals surface area contributed by atoms with Crippen LogP contribution >= 0.6 is 0 Å². The lowest BCUT2D eigenvalue weighted by atomic mass is 10.1. The average Bonchev–Trinajstić information content (AvgIpc) is 2.88. The van der Waals surface area contributed by atoms with Gasteiger partial charge < -0.3 is 14.6 Å². The van der Waals surface area contributed by atoms with Crippen LogP contribution in [0.15, 0.2) is 45.6 Å². The van der Waals surface area contributed by atoms with Gasteiger partial charge in [0, 0.05) is 12.1 Å². The Bertz CT molecular complexity index is 486. The summed E-state index contributed by atoms with van der Waals surface area (Å²) in [4.78, 5) is 2.41. The second-order valence-corrected chi connectivity index (χ2v) is 5.30. The molecule has 0 aromatic carbocycles. The molecule has 1 aliphatic rings. The molecule has 102 valence electrons. The van der Waals surface area contributed by atoms with Crippen molar-refractivity contribution in [2.45, 2.75) is 44.4 Å². The summed E-state index contributed by atoms with van der Waals surface area (Å²) in [6.45, 7) is 2.81. The lowest BCUT2D eigenvalue weighted by Gasteiger charge is -2.32. The van der Waals surface area contributed by atoms with Crippen LogP contribution in [0.25, 0.3) is 0 Å². The Morgan fingerprint density at radius 1 is 1.26 bits per heavy atom. The number of furan rings is 2. The number of hydrogen-bond acceptors (Lipinski definition) is 4. The molecule has 2 aromatic heterocycles. The molecular weight excluding hydrogens is 240 g/mol. The number of nitrogens with two attached hydrogens (primary N) is 1. The van der Waals surface area contributed by atoms with Gasteiger partial charge in [0.1, 0.15) is 11.5 Å². The van der Waals surface area contributed by atoms with Gasteiger partial charge in [-0.1, -0.05) is 0 Å². The summed E-state index contributed by atoms with van der Waals surface area (Å²) in [6.07, 6.45) is 5.88. The highest BCUT2D eigenvalue weighted by atomic mass is 16.3. The molecule has 0 radical (unpaired) electrons. The third-order valence-electron chi connectivity index (χ3n) is 3.62. The molecule has 2 heterocycles. The Hall–Kier alpha value is -1.52. The molecule has 1 saturated carbocycles. The SMILES string of the molecule is CC(N)C(c1ccco1)N(Cc1ccco1)C1CC1. The van der Waals surface area contributed by atoms with Gasteiger partial charge >= 0.3 is 0 Å². The maximum atomic E-state index is 6.19. The summed E-state index contributed by atoms with van der Waals surface area (Å²) in [6, 6.07) is 8.57. The molecule has 1 fully saturated rings. The zero-order valence-corrected chi connectivity index (χ0v) is 11.2. The van der Waals surface area contributed by atoms with E-state index in [1.54, 1.807) is 12.5 Å². The maximum absolute atomic E-state index is 6.19. The first-order chi connectivity index (χ1) is 9.25. The second kappa shape index (κ2) is 5.23. The van der Waals surface area contributed by atoms with Crippen LogP contribution in [0.1, 0.15) is 37.3 Å². The van der Waals surface area contributed by atoms with Crippen LogP contribution in [0.5, 0.6) is 0 Å². The van der Waals surface area contributed by atoms with Crippen molar-refractivity contribution in [1.29, 1.82) is 0 Å². The molecule has 19 heavy (non-hydrogen) atoms. The van der Waals surface area contributed by atoms with Gasteiger partial charge in [-0.15, -0.1) is 0 Å². The summed E-state index contributed by atoms with van der Waals surface area (Å²) in [5.41, 5.74) is 6.19. The van der Waals surface area contributed by atoms with Crippen LogP contribution in [0, 0.1) is 0 Å². The molecule has 0 aliphatic heterocycles. The molecular formula is C15H20N2O2. The van der Waals surface area contributed by atoms with E-state index >= 15 is 0 Å². The van der Waals surface area contributed by atoms with Crippen molar-refractivity contribution < 1.29 is 8.83 Å². The Kier molecular flexibility index (Phi) is 3.44. The van der Waals surface area contributed by atoms with Crippen LogP contribution in [0.2, 0.25) is 0 Å². The fourth-order valence-electron chi connectivity index (χ4n) is 2.63. The fraction of sp³-hybridized carbons (Fsp3) is 0.467. The minimum atomic E-state index is 0.0155.